The molecule has 0 radical (unpaired) electrons. The fourth-order valence-electron chi connectivity index (χ4n) is 1.84. The van der Waals surface area contributed by atoms with Gasteiger partial charge in [-0.2, -0.15) is 0 Å². The minimum absolute atomic E-state index is 0.238. The molecule has 5 heteroatoms. The van der Waals surface area contributed by atoms with E-state index in [0.29, 0.717) is 17.1 Å². The predicted octanol–water partition coefficient (Wildman–Crippen LogP) is 3.41. The van der Waals surface area contributed by atoms with Gasteiger partial charge in [0.1, 0.15) is 11.5 Å². The van der Waals surface area contributed by atoms with Gasteiger partial charge in [-0.1, -0.05) is 24.6 Å². The summed E-state index contributed by atoms with van der Waals surface area (Å²) in [4.78, 5) is 0. The zero-order valence-corrected chi connectivity index (χ0v) is 11.2. The van der Waals surface area contributed by atoms with E-state index in [1.54, 1.807) is 17.7 Å². The van der Waals surface area contributed by atoms with E-state index in [9.17, 15) is 4.39 Å². The third-order valence-corrected chi connectivity index (χ3v) is 3.11. The van der Waals surface area contributed by atoms with Crippen molar-refractivity contribution in [2.45, 2.75) is 32.6 Å². The molecule has 0 spiro atoms. The second kappa shape index (κ2) is 5.48. The molecular weight excluding hydrogens is 253 g/mol. The minimum Gasteiger partial charge on any atom is -0.217 e. The molecule has 0 amide bonds. The number of benzene rings is 1. The smallest absolute Gasteiger partial charge is 0.128 e. The Hall–Kier alpha value is -1.42. The molecule has 0 saturated heterocycles. The number of halogens is 2. The second-order valence-electron chi connectivity index (χ2n) is 4.21. The second-order valence-corrected chi connectivity index (χ2v) is 4.48. The van der Waals surface area contributed by atoms with Gasteiger partial charge in [0.25, 0.3) is 0 Å². The Balaban J connectivity index is 2.49. The van der Waals surface area contributed by atoms with Crippen LogP contribution in [0.5, 0.6) is 0 Å². The summed E-state index contributed by atoms with van der Waals surface area (Å²) in [6, 6.07) is 5.05. The van der Waals surface area contributed by atoms with Crippen LogP contribution in [0.15, 0.2) is 18.2 Å². The molecule has 0 aliphatic carbocycles. The number of aromatic nitrogens is 3. The fourth-order valence-corrected chi connectivity index (χ4v) is 2.05. The Morgan fingerprint density at radius 3 is 2.78 bits per heavy atom. The Labute approximate surface area is 111 Å². The summed E-state index contributed by atoms with van der Waals surface area (Å²) in [6.45, 7) is 3.81. The van der Waals surface area contributed by atoms with Crippen LogP contribution in [0.4, 0.5) is 4.39 Å². The van der Waals surface area contributed by atoms with Gasteiger partial charge in [0.05, 0.1) is 17.3 Å². The maximum absolute atomic E-state index is 13.6. The summed E-state index contributed by atoms with van der Waals surface area (Å²) in [5.74, 6) is 0.0850. The molecule has 0 fully saturated rings. The Morgan fingerprint density at radius 1 is 1.39 bits per heavy atom. The van der Waals surface area contributed by atoms with Crippen molar-refractivity contribution in [1.29, 1.82) is 0 Å². The SMILES string of the molecule is CCCc1c(CCl)nnn1-c1ccc(C)c(F)c1. The maximum Gasteiger partial charge on any atom is 0.128 e. The van der Waals surface area contributed by atoms with Crippen LogP contribution in [0.2, 0.25) is 0 Å². The largest absolute Gasteiger partial charge is 0.217 e. The summed E-state index contributed by atoms with van der Waals surface area (Å²) >= 11 is 5.84. The van der Waals surface area contributed by atoms with Gasteiger partial charge in [0.15, 0.2) is 0 Å². The van der Waals surface area contributed by atoms with E-state index in [-0.39, 0.29) is 5.82 Å². The highest BCUT2D eigenvalue weighted by atomic mass is 35.5. The minimum atomic E-state index is -0.238. The molecule has 2 aromatic rings. The van der Waals surface area contributed by atoms with E-state index < -0.39 is 0 Å². The topological polar surface area (TPSA) is 30.7 Å². The van der Waals surface area contributed by atoms with Crippen LogP contribution in [0.3, 0.4) is 0 Å². The highest BCUT2D eigenvalue weighted by Crippen LogP contribution is 2.18. The van der Waals surface area contributed by atoms with Crippen molar-refractivity contribution in [1.82, 2.24) is 15.0 Å². The van der Waals surface area contributed by atoms with Gasteiger partial charge in [0.2, 0.25) is 0 Å². The molecule has 2 rings (SSSR count). The summed E-state index contributed by atoms with van der Waals surface area (Å²) in [5, 5.41) is 8.10. The van der Waals surface area contributed by atoms with Gasteiger partial charge in [0, 0.05) is 0 Å². The Kier molecular flexibility index (Phi) is 3.97. The lowest BCUT2D eigenvalue weighted by Gasteiger charge is -2.07. The molecule has 0 aliphatic rings. The monoisotopic (exact) mass is 267 g/mol. The Bertz CT molecular complexity index is 551. The third kappa shape index (κ3) is 2.38. The molecule has 18 heavy (non-hydrogen) atoms. The first-order valence-electron chi connectivity index (χ1n) is 5.93. The van der Waals surface area contributed by atoms with Gasteiger partial charge in [-0.3, -0.25) is 0 Å². The summed E-state index contributed by atoms with van der Waals surface area (Å²) in [6.07, 6.45) is 1.79. The molecule has 0 saturated carbocycles. The van der Waals surface area contributed by atoms with Crippen molar-refractivity contribution < 1.29 is 4.39 Å². The number of hydrogen-bond acceptors (Lipinski definition) is 2. The average molecular weight is 268 g/mol. The first-order chi connectivity index (χ1) is 8.67. The molecular formula is C13H15ClFN3. The van der Waals surface area contributed by atoms with Crippen molar-refractivity contribution in [2.75, 3.05) is 0 Å². The van der Waals surface area contributed by atoms with E-state index in [4.69, 9.17) is 11.6 Å². The molecule has 0 atom stereocenters. The van der Waals surface area contributed by atoms with Crippen molar-refractivity contribution in [3.05, 3.63) is 41.0 Å². The van der Waals surface area contributed by atoms with E-state index in [2.05, 4.69) is 17.2 Å². The van der Waals surface area contributed by atoms with Crippen LogP contribution in [0, 0.1) is 12.7 Å². The van der Waals surface area contributed by atoms with Crippen molar-refractivity contribution in [3.63, 3.8) is 0 Å². The van der Waals surface area contributed by atoms with Gasteiger partial charge in [-0.25, -0.2) is 9.07 Å². The van der Waals surface area contributed by atoms with Gasteiger partial charge in [-0.15, -0.1) is 16.7 Å². The van der Waals surface area contributed by atoms with Gasteiger partial charge in [-0.05, 0) is 31.0 Å². The van der Waals surface area contributed by atoms with Crippen LogP contribution in [-0.4, -0.2) is 15.0 Å². The van der Waals surface area contributed by atoms with Crippen molar-refractivity contribution in [2.24, 2.45) is 0 Å². The molecule has 0 unspecified atom stereocenters. The van der Waals surface area contributed by atoms with Gasteiger partial charge < -0.3 is 0 Å². The lowest BCUT2D eigenvalue weighted by molar-refractivity contribution is 0.614. The summed E-state index contributed by atoms with van der Waals surface area (Å²) in [5.41, 5.74) is 3.02. The van der Waals surface area contributed by atoms with Crippen molar-refractivity contribution in [3.8, 4) is 5.69 Å². The van der Waals surface area contributed by atoms with Crippen LogP contribution in [0.1, 0.15) is 30.3 Å². The third-order valence-electron chi connectivity index (χ3n) is 2.86. The molecule has 1 aromatic carbocycles. The quantitative estimate of drug-likeness (QED) is 0.795. The molecule has 0 bridgehead atoms. The summed E-state index contributed by atoms with van der Waals surface area (Å²) in [7, 11) is 0. The predicted molar refractivity (Wildman–Crippen MR) is 69.6 cm³/mol. The van der Waals surface area contributed by atoms with E-state index in [0.717, 1.165) is 24.2 Å². The summed E-state index contributed by atoms with van der Waals surface area (Å²) < 4.78 is 15.3. The fraction of sp³-hybridized carbons (Fsp3) is 0.385. The first kappa shape index (κ1) is 13.0. The van der Waals surface area contributed by atoms with Crippen molar-refractivity contribution >= 4 is 11.6 Å². The van der Waals surface area contributed by atoms with Gasteiger partial charge >= 0.3 is 0 Å². The normalized spacial score (nSPS) is 10.9. The molecule has 0 aliphatic heterocycles. The maximum atomic E-state index is 13.6. The zero-order chi connectivity index (χ0) is 13.1. The molecule has 1 aromatic heterocycles. The number of rotatable bonds is 4. The number of alkyl halides is 1. The number of hydrogen-bond donors (Lipinski definition) is 0. The number of aryl methyl sites for hydroxylation is 1. The van der Waals surface area contributed by atoms with Crippen LogP contribution < -0.4 is 0 Å². The lowest BCUT2D eigenvalue weighted by atomic mass is 10.2. The van der Waals surface area contributed by atoms with E-state index in [1.807, 2.05) is 6.07 Å². The molecule has 1 heterocycles. The first-order valence-corrected chi connectivity index (χ1v) is 6.46. The standard InChI is InChI=1S/C13H15ClFN3/c1-3-4-13-12(8-14)16-17-18(13)10-6-5-9(2)11(15)7-10/h5-7H,3-4,8H2,1-2H3. The average Bonchev–Trinajstić information content (AvgIpc) is 2.76. The van der Waals surface area contributed by atoms with Crippen LogP contribution in [0.25, 0.3) is 5.69 Å². The van der Waals surface area contributed by atoms with E-state index >= 15 is 0 Å². The highest BCUT2D eigenvalue weighted by Gasteiger charge is 2.13. The number of nitrogens with zero attached hydrogens (tertiary/aromatic N) is 3. The highest BCUT2D eigenvalue weighted by molar-refractivity contribution is 6.16. The molecule has 96 valence electrons. The Morgan fingerprint density at radius 2 is 2.17 bits per heavy atom. The lowest BCUT2D eigenvalue weighted by Crippen LogP contribution is -2.04. The van der Waals surface area contributed by atoms with Crippen LogP contribution >= 0.6 is 11.6 Å². The molecule has 3 nitrogen and oxygen atoms in total. The van der Waals surface area contributed by atoms with Crippen LogP contribution in [-0.2, 0) is 12.3 Å². The zero-order valence-electron chi connectivity index (χ0n) is 10.5. The van der Waals surface area contributed by atoms with E-state index in [1.165, 1.54) is 6.07 Å². The molecule has 0 N–H and O–H groups in total.